The van der Waals surface area contributed by atoms with E-state index in [0.29, 0.717) is 19.1 Å². The zero-order valence-corrected chi connectivity index (χ0v) is 12.1. The first-order valence-corrected chi connectivity index (χ1v) is 7.52. The van der Waals surface area contributed by atoms with Crippen molar-refractivity contribution in [2.75, 3.05) is 13.2 Å². The van der Waals surface area contributed by atoms with E-state index in [1.165, 1.54) is 6.42 Å². The van der Waals surface area contributed by atoms with Gasteiger partial charge in [0.2, 0.25) is 0 Å². The minimum Gasteiger partial charge on any atom is -0.464 e. The van der Waals surface area contributed by atoms with Crippen LogP contribution in [0.2, 0.25) is 0 Å². The van der Waals surface area contributed by atoms with E-state index in [-0.39, 0.29) is 5.97 Å². The summed E-state index contributed by atoms with van der Waals surface area (Å²) in [6.07, 6.45) is 15.5. The SMILES string of the molecule is CCCC1CC=CCC=CCCCC(=O)OCCN1. The summed E-state index contributed by atoms with van der Waals surface area (Å²) in [6.45, 7) is 3.44. The van der Waals surface area contributed by atoms with Crippen molar-refractivity contribution in [3.8, 4) is 0 Å². The van der Waals surface area contributed by atoms with Crippen molar-refractivity contribution in [3.63, 3.8) is 0 Å². The molecule has 1 rings (SSSR count). The molecule has 0 amide bonds. The van der Waals surface area contributed by atoms with Crippen molar-refractivity contribution in [3.05, 3.63) is 24.3 Å². The minimum absolute atomic E-state index is 0.0739. The molecule has 1 atom stereocenters. The van der Waals surface area contributed by atoms with Gasteiger partial charge in [0.25, 0.3) is 0 Å². The third-order valence-electron chi connectivity index (χ3n) is 3.21. The summed E-state index contributed by atoms with van der Waals surface area (Å²) in [5, 5.41) is 3.46. The zero-order chi connectivity index (χ0) is 13.8. The Kier molecular flexibility index (Phi) is 9.07. The number of rotatable bonds is 2. The van der Waals surface area contributed by atoms with Crippen LogP contribution in [0.25, 0.3) is 0 Å². The quantitative estimate of drug-likeness (QED) is 0.614. The monoisotopic (exact) mass is 265 g/mol. The Morgan fingerprint density at radius 2 is 2.16 bits per heavy atom. The molecule has 1 aliphatic rings. The smallest absolute Gasteiger partial charge is 0.305 e. The maximum absolute atomic E-state index is 11.4. The van der Waals surface area contributed by atoms with E-state index in [4.69, 9.17) is 4.74 Å². The lowest BCUT2D eigenvalue weighted by molar-refractivity contribution is -0.143. The number of esters is 1. The highest BCUT2D eigenvalue weighted by atomic mass is 16.5. The highest BCUT2D eigenvalue weighted by molar-refractivity contribution is 5.69. The van der Waals surface area contributed by atoms with Crippen LogP contribution in [-0.2, 0) is 9.53 Å². The predicted octanol–water partition coefficient (Wildman–Crippen LogP) is 3.36. The summed E-state index contributed by atoms with van der Waals surface area (Å²) in [5.41, 5.74) is 0. The summed E-state index contributed by atoms with van der Waals surface area (Å²) in [4.78, 5) is 11.4. The summed E-state index contributed by atoms with van der Waals surface area (Å²) in [6, 6.07) is 0.494. The van der Waals surface area contributed by atoms with Crippen LogP contribution in [-0.4, -0.2) is 25.2 Å². The topological polar surface area (TPSA) is 38.3 Å². The Bertz CT molecular complexity index is 297. The maximum Gasteiger partial charge on any atom is 0.305 e. The fraction of sp³-hybridized carbons (Fsp3) is 0.688. The number of hydrogen-bond donors (Lipinski definition) is 1. The van der Waals surface area contributed by atoms with E-state index in [9.17, 15) is 4.79 Å². The van der Waals surface area contributed by atoms with Crippen LogP contribution in [0.3, 0.4) is 0 Å². The Morgan fingerprint density at radius 1 is 1.32 bits per heavy atom. The van der Waals surface area contributed by atoms with Crippen LogP contribution in [0.5, 0.6) is 0 Å². The molecule has 0 aromatic carbocycles. The van der Waals surface area contributed by atoms with Crippen LogP contribution in [0, 0.1) is 0 Å². The number of hydrogen-bond acceptors (Lipinski definition) is 3. The molecule has 108 valence electrons. The molecule has 0 saturated heterocycles. The van der Waals surface area contributed by atoms with Crippen LogP contribution in [0.4, 0.5) is 0 Å². The van der Waals surface area contributed by atoms with Crippen molar-refractivity contribution in [2.24, 2.45) is 0 Å². The first-order valence-electron chi connectivity index (χ1n) is 7.52. The van der Waals surface area contributed by atoms with Crippen LogP contribution >= 0.6 is 0 Å². The highest BCUT2D eigenvalue weighted by Crippen LogP contribution is 2.05. The van der Waals surface area contributed by atoms with Gasteiger partial charge in [-0.3, -0.25) is 4.79 Å². The predicted molar refractivity (Wildman–Crippen MR) is 79.0 cm³/mol. The average Bonchev–Trinajstić information content (AvgIpc) is 2.41. The van der Waals surface area contributed by atoms with Gasteiger partial charge >= 0.3 is 5.97 Å². The lowest BCUT2D eigenvalue weighted by Gasteiger charge is -2.16. The molecule has 3 heteroatoms. The fourth-order valence-corrected chi connectivity index (χ4v) is 2.17. The average molecular weight is 265 g/mol. The minimum atomic E-state index is -0.0739. The van der Waals surface area contributed by atoms with Crippen molar-refractivity contribution >= 4 is 5.97 Å². The normalized spacial score (nSPS) is 23.4. The Hall–Kier alpha value is -1.09. The Balaban J connectivity index is 2.42. The van der Waals surface area contributed by atoms with Gasteiger partial charge in [0.05, 0.1) is 0 Å². The first kappa shape index (κ1) is 16.0. The van der Waals surface area contributed by atoms with Crippen LogP contribution in [0.15, 0.2) is 24.3 Å². The highest BCUT2D eigenvalue weighted by Gasteiger charge is 2.06. The number of cyclic esters (lactones) is 1. The molecule has 1 N–H and O–H groups in total. The molecule has 0 bridgehead atoms. The second-order valence-corrected chi connectivity index (χ2v) is 4.97. The van der Waals surface area contributed by atoms with Crippen LogP contribution in [0.1, 0.15) is 51.9 Å². The van der Waals surface area contributed by atoms with Gasteiger partial charge < -0.3 is 10.1 Å². The molecule has 0 aliphatic carbocycles. The van der Waals surface area contributed by atoms with E-state index >= 15 is 0 Å². The van der Waals surface area contributed by atoms with Gasteiger partial charge in [0, 0.05) is 19.0 Å². The number of nitrogens with one attached hydrogen (secondary N) is 1. The molecule has 1 aliphatic heterocycles. The second-order valence-electron chi connectivity index (χ2n) is 4.97. The molecule has 0 fully saturated rings. The van der Waals surface area contributed by atoms with Crippen molar-refractivity contribution in [1.29, 1.82) is 0 Å². The lowest BCUT2D eigenvalue weighted by Crippen LogP contribution is -2.32. The third-order valence-corrected chi connectivity index (χ3v) is 3.21. The van der Waals surface area contributed by atoms with Gasteiger partial charge in [0.1, 0.15) is 6.61 Å². The molecule has 0 aromatic heterocycles. The van der Waals surface area contributed by atoms with Crippen molar-refractivity contribution in [2.45, 2.75) is 57.9 Å². The summed E-state index contributed by atoms with van der Waals surface area (Å²) >= 11 is 0. The first-order chi connectivity index (χ1) is 9.33. The van der Waals surface area contributed by atoms with Crippen LogP contribution < -0.4 is 5.32 Å². The van der Waals surface area contributed by atoms with E-state index in [1.54, 1.807) is 0 Å². The van der Waals surface area contributed by atoms with Gasteiger partial charge in [-0.2, -0.15) is 0 Å². The summed E-state index contributed by atoms with van der Waals surface area (Å²) in [7, 11) is 0. The standard InChI is InChI=1S/C16H27NO2/c1-2-10-15-11-8-6-4-3-5-7-9-12-16(18)19-14-13-17-15/h3,5-6,8,15,17H,2,4,7,9-14H2,1H3. The molecule has 1 heterocycles. The second kappa shape index (κ2) is 10.8. The van der Waals surface area contributed by atoms with E-state index < -0.39 is 0 Å². The number of allylic oxidation sites excluding steroid dienone is 3. The van der Waals surface area contributed by atoms with E-state index in [2.05, 4.69) is 36.5 Å². The summed E-state index contributed by atoms with van der Waals surface area (Å²) in [5.74, 6) is -0.0739. The zero-order valence-electron chi connectivity index (χ0n) is 12.1. The fourth-order valence-electron chi connectivity index (χ4n) is 2.17. The third kappa shape index (κ3) is 8.60. The van der Waals surface area contributed by atoms with E-state index in [1.807, 2.05) is 0 Å². The number of carbonyl (C=O) groups excluding carboxylic acids is 1. The summed E-state index contributed by atoms with van der Waals surface area (Å²) < 4.78 is 5.20. The largest absolute Gasteiger partial charge is 0.464 e. The molecular formula is C16H27NO2. The van der Waals surface area contributed by atoms with E-state index in [0.717, 1.165) is 38.6 Å². The molecule has 0 saturated carbocycles. The van der Waals surface area contributed by atoms with Crippen molar-refractivity contribution < 1.29 is 9.53 Å². The molecule has 0 radical (unpaired) electrons. The molecular weight excluding hydrogens is 238 g/mol. The molecule has 0 spiro atoms. The molecule has 19 heavy (non-hydrogen) atoms. The van der Waals surface area contributed by atoms with Gasteiger partial charge in [-0.25, -0.2) is 0 Å². The van der Waals surface area contributed by atoms with Gasteiger partial charge in [-0.15, -0.1) is 0 Å². The molecule has 0 aromatic rings. The molecule has 1 unspecified atom stereocenters. The molecule has 3 nitrogen and oxygen atoms in total. The number of carbonyl (C=O) groups is 1. The van der Waals surface area contributed by atoms with Crippen molar-refractivity contribution in [1.82, 2.24) is 5.32 Å². The van der Waals surface area contributed by atoms with Gasteiger partial charge in [0.15, 0.2) is 0 Å². The van der Waals surface area contributed by atoms with Gasteiger partial charge in [-0.1, -0.05) is 37.6 Å². The Labute approximate surface area is 117 Å². The number of ether oxygens (including phenoxy) is 1. The maximum atomic E-state index is 11.4. The Morgan fingerprint density at radius 3 is 3.00 bits per heavy atom. The lowest BCUT2D eigenvalue weighted by atomic mass is 10.1. The van der Waals surface area contributed by atoms with Gasteiger partial charge in [-0.05, 0) is 32.1 Å².